The first-order valence-corrected chi connectivity index (χ1v) is 14.8. The molecule has 0 bridgehead atoms. The molecule has 0 aliphatic heterocycles. The molecule has 129 valence electrons. The maximum absolute atomic E-state index is 2.46. The summed E-state index contributed by atoms with van der Waals surface area (Å²) < 4.78 is 0. The van der Waals surface area contributed by atoms with E-state index in [0.29, 0.717) is 0 Å². The Morgan fingerprint density at radius 3 is 1.92 bits per heavy atom. The van der Waals surface area contributed by atoms with Crippen molar-refractivity contribution in [2.45, 2.75) is 26.2 Å². The zero-order valence-electron chi connectivity index (χ0n) is 16.0. The average Bonchev–Trinajstić information content (AvgIpc) is 2.65. The highest BCUT2D eigenvalue weighted by Crippen LogP contribution is 2.17. The molecule has 0 saturated carbocycles. The third kappa shape index (κ3) is 2.93. The first-order valence-electron chi connectivity index (χ1n) is 9.31. The van der Waals surface area contributed by atoms with Gasteiger partial charge in [0, 0.05) is 0 Å². The van der Waals surface area contributed by atoms with Gasteiger partial charge in [0.15, 0.2) is 0 Å². The molecule has 0 aliphatic rings. The van der Waals surface area contributed by atoms with Gasteiger partial charge in [0.05, 0.1) is 8.07 Å². The summed E-state index contributed by atoms with van der Waals surface area (Å²) in [6, 6.07) is 29.4. The van der Waals surface area contributed by atoms with Crippen LogP contribution in [0, 0.1) is 0 Å². The van der Waals surface area contributed by atoms with Gasteiger partial charge in [-0.05, 0) is 31.9 Å². The first-order chi connectivity index (χ1) is 12.5. The van der Waals surface area contributed by atoms with E-state index in [1.165, 1.54) is 26.7 Å². The molecule has 0 fully saturated rings. The van der Waals surface area contributed by atoms with Crippen LogP contribution in [0.4, 0.5) is 0 Å². The second-order valence-corrected chi connectivity index (χ2v) is 15.5. The minimum absolute atomic E-state index is 0.854. The van der Waals surface area contributed by atoms with Gasteiger partial charge in [0.1, 0.15) is 8.80 Å². The fraction of sp³-hybridized carbons (Fsp3) is 0.167. The zero-order valence-corrected chi connectivity index (χ0v) is 18.0. The summed E-state index contributed by atoms with van der Waals surface area (Å²) in [6.07, 6.45) is 0. The third-order valence-corrected chi connectivity index (χ3v) is 9.81. The fourth-order valence-electron chi connectivity index (χ4n) is 3.98. The summed E-state index contributed by atoms with van der Waals surface area (Å²) in [7, 11) is -2.27. The first kappa shape index (κ1) is 17.3. The van der Waals surface area contributed by atoms with Crippen molar-refractivity contribution < 1.29 is 0 Å². The lowest BCUT2D eigenvalue weighted by molar-refractivity contribution is 1.72. The molecule has 0 nitrogen and oxygen atoms in total. The number of benzene rings is 4. The smallest absolute Gasteiger partial charge is 0.0656 e. The maximum atomic E-state index is 2.46. The largest absolute Gasteiger partial charge is 0.119 e. The number of hydrogen-bond donors (Lipinski definition) is 0. The summed E-state index contributed by atoms with van der Waals surface area (Å²) in [5.41, 5.74) is 0. The summed E-state index contributed by atoms with van der Waals surface area (Å²) in [6.45, 7) is 9.83. The van der Waals surface area contributed by atoms with Crippen LogP contribution < -0.4 is 15.6 Å². The predicted molar refractivity (Wildman–Crippen MR) is 122 cm³/mol. The fourth-order valence-corrected chi connectivity index (χ4v) is 7.99. The lowest BCUT2D eigenvalue weighted by Crippen LogP contribution is -2.45. The molecule has 0 N–H and O–H groups in total. The van der Waals surface area contributed by atoms with E-state index >= 15 is 0 Å². The van der Waals surface area contributed by atoms with Crippen molar-refractivity contribution in [3.63, 3.8) is 0 Å². The Hall–Kier alpha value is -2.17. The van der Waals surface area contributed by atoms with Crippen molar-refractivity contribution in [2.24, 2.45) is 0 Å². The van der Waals surface area contributed by atoms with E-state index in [4.69, 9.17) is 0 Å². The van der Waals surface area contributed by atoms with Gasteiger partial charge in [-0.15, -0.1) is 0 Å². The minimum atomic E-state index is -1.41. The SMILES string of the molecule is C[Si](c1cccc2ccccc12)c1cccc2cccc([Si](C)(C)C)c12. The summed E-state index contributed by atoms with van der Waals surface area (Å²) in [5.74, 6) is 0. The highest BCUT2D eigenvalue weighted by atomic mass is 28.3. The average molecular weight is 370 g/mol. The minimum Gasteiger partial charge on any atom is -0.0656 e. The van der Waals surface area contributed by atoms with Crippen LogP contribution in [0.15, 0.2) is 78.9 Å². The second-order valence-electron chi connectivity index (χ2n) is 8.11. The molecule has 2 heteroatoms. The molecule has 4 aromatic carbocycles. The van der Waals surface area contributed by atoms with E-state index in [1.807, 2.05) is 0 Å². The van der Waals surface area contributed by atoms with Crippen LogP contribution in [0.3, 0.4) is 0 Å². The Morgan fingerprint density at radius 1 is 0.615 bits per heavy atom. The maximum Gasteiger partial charge on any atom is 0.119 e. The van der Waals surface area contributed by atoms with Crippen molar-refractivity contribution in [2.75, 3.05) is 0 Å². The summed E-state index contributed by atoms with van der Waals surface area (Å²) >= 11 is 0. The van der Waals surface area contributed by atoms with Gasteiger partial charge in [-0.1, -0.05) is 110 Å². The van der Waals surface area contributed by atoms with E-state index < -0.39 is 16.9 Å². The van der Waals surface area contributed by atoms with Crippen molar-refractivity contribution >= 4 is 54.0 Å². The molecule has 0 aliphatic carbocycles. The number of fused-ring (bicyclic) bond motifs is 2. The lowest BCUT2D eigenvalue weighted by atomic mass is 10.1. The van der Waals surface area contributed by atoms with Crippen LogP contribution >= 0.6 is 0 Å². The summed E-state index contributed by atoms with van der Waals surface area (Å²) in [5, 5.41) is 10.3. The molecule has 0 unspecified atom stereocenters. The van der Waals surface area contributed by atoms with E-state index in [2.05, 4.69) is 105 Å². The Labute approximate surface area is 159 Å². The van der Waals surface area contributed by atoms with E-state index in [0.717, 1.165) is 0 Å². The molecule has 1 radical (unpaired) electrons. The van der Waals surface area contributed by atoms with Crippen molar-refractivity contribution in [1.29, 1.82) is 0 Å². The van der Waals surface area contributed by atoms with E-state index in [-0.39, 0.29) is 0 Å². The van der Waals surface area contributed by atoms with Gasteiger partial charge in [-0.3, -0.25) is 0 Å². The highest BCUT2D eigenvalue weighted by Gasteiger charge is 2.23. The molecule has 0 heterocycles. The molecule has 0 spiro atoms. The van der Waals surface area contributed by atoms with Crippen LogP contribution in [0.2, 0.25) is 26.2 Å². The van der Waals surface area contributed by atoms with Gasteiger partial charge in [-0.2, -0.15) is 0 Å². The molecule has 26 heavy (non-hydrogen) atoms. The van der Waals surface area contributed by atoms with Crippen LogP contribution in [-0.2, 0) is 0 Å². The third-order valence-electron chi connectivity index (χ3n) is 5.31. The van der Waals surface area contributed by atoms with Crippen LogP contribution in [0.5, 0.6) is 0 Å². The van der Waals surface area contributed by atoms with Crippen LogP contribution in [0.25, 0.3) is 21.5 Å². The quantitative estimate of drug-likeness (QED) is 0.456. The summed E-state index contributed by atoms with van der Waals surface area (Å²) in [4.78, 5) is 0. The Morgan fingerprint density at radius 2 is 1.19 bits per heavy atom. The van der Waals surface area contributed by atoms with Crippen molar-refractivity contribution in [1.82, 2.24) is 0 Å². The van der Waals surface area contributed by atoms with Crippen LogP contribution in [0.1, 0.15) is 0 Å². The van der Waals surface area contributed by atoms with Gasteiger partial charge in [0.2, 0.25) is 0 Å². The van der Waals surface area contributed by atoms with Crippen molar-refractivity contribution in [3.8, 4) is 0 Å². The Balaban J connectivity index is 1.99. The number of hydrogen-bond acceptors (Lipinski definition) is 0. The van der Waals surface area contributed by atoms with Crippen LogP contribution in [-0.4, -0.2) is 16.9 Å². The Kier molecular flexibility index (Phi) is 4.33. The predicted octanol–water partition coefficient (Wildman–Crippen LogP) is 4.78. The van der Waals surface area contributed by atoms with Gasteiger partial charge in [0.25, 0.3) is 0 Å². The molecule has 4 rings (SSSR count). The molecule has 0 saturated heterocycles. The highest BCUT2D eigenvalue weighted by molar-refractivity contribution is 6.93. The van der Waals surface area contributed by atoms with Gasteiger partial charge in [-0.25, -0.2) is 0 Å². The van der Waals surface area contributed by atoms with Gasteiger partial charge >= 0.3 is 0 Å². The topological polar surface area (TPSA) is 0 Å². The van der Waals surface area contributed by atoms with Gasteiger partial charge < -0.3 is 0 Å². The Bertz CT molecular complexity index is 1080. The monoisotopic (exact) mass is 369 g/mol. The molecule has 4 aromatic rings. The second kappa shape index (κ2) is 6.53. The molecule has 0 amide bonds. The number of rotatable bonds is 3. The standard InChI is InChI=1S/C24H25Si2/c1-25(21-15-7-11-18-10-5-6-14-20(18)21)22-16-8-12-19-13-9-17-23(24(19)22)26(2,3)4/h5-17H,1-4H3. The normalized spacial score (nSPS) is 12.2. The molecule has 0 aromatic heterocycles. The van der Waals surface area contributed by atoms with E-state index in [1.54, 1.807) is 10.4 Å². The molecular formula is C24H25Si2. The molecular weight excluding hydrogens is 344 g/mol. The van der Waals surface area contributed by atoms with Crippen molar-refractivity contribution in [3.05, 3.63) is 78.9 Å². The van der Waals surface area contributed by atoms with E-state index in [9.17, 15) is 0 Å². The molecule has 0 atom stereocenters. The lowest BCUT2D eigenvalue weighted by Gasteiger charge is -2.23. The zero-order chi connectivity index (χ0) is 18.3.